The number of hydrogen-bond donors (Lipinski definition) is 2. The minimum Gasteiger partial charge on any atom is -0.454 e. The largest absolute Gasteiger partial charge is 0.454 e. The Morgan fingerprint density at radius 2 is 2.03 bits per heavy atom. The molecule has 11 heteroatoms. The summed E-state index contributed by atoms with van der Waals surface area (Å²) in [6, 6.07) is 8.88. The molecule has 4 aromatic rings. The van der Waals surface area contributed by atoms with Crippen LogP contribution in [-0.4, -0.2) is 39.8 Å². The second-order valence-corrected chi connectivity index (χ2v) is 8.15. The Morgan fingerprint density at radius 3 is 2.90 bits per heavy atom. The van der Waals surface area contributed by atoms with Gasteiger partial charge in [-0.2, -0.15) is 4.98 Å². The number of fused-ring (bicyclic) bond motifs is 2. The SMILES string of the molecule is O=C(NCCc1csc2nc(-c3cccs3)nn12)C(=O)Nc1ccc2c(c1)OCO2. The number of nitrogens with one attached hydrogen (secondary N) is 2. The Balaban J connectivity index is 1.17. The lowest BCUT2D eigenvalue weighted by Gasteiger charge is -2.07. The van der Waals surface area contributed by atoms with Gasteiger partial charge in [0.15, 0.2) is 17.3 Å². The van der Waals surface area contributed by atoms with Crippen molar-refractivity contribution in [2.45, 2.75) is 6.42 Å². The number of carbonyl (C=O) groups is 2. The molecule has 1 aromatic carbocycles. The first-order valence-corrected chi connectivity index (χ1v) is 10.8. The van der Waals surface area contributed by atoms with Gasteiger partial charge in [-0.15, -0.1) is 27.8 Å². The number of anilines is 1. The molecule has 3 aromatic heterocycles. The molecule has 0 saturated carbocycles. The fourth-order valence-corrected chi connectivity index (χ4v) is 4.46. The summed E-state index contributed by atoms with van der Waals surface area (Å²) >= 11 is 3.07. The van der Waals surface area contributed by atoms with E-state index in [2.05, 4.69) is 20.7 Å². The molecule has 4 heterocycles. The van der Waals surface area contributed by atoms with E-state index in [1.807, 2.05) is 22.9 Å². The number of rotatable bonds is 5. The van der Waals surface area contributed by atoms with Gasteiger partial charge in [0, 0.05) is 30.1 Å². The summed E-state index contributed by atoms with van der Waals surface area (Å²) in [6.07, 6.45) is 0.524. The lowest BCUT2D eigenvalue weighted by atomic mass is 10.2. The van der Waals surface area contributed by atoms with Crippen LogP contribution >= 0.6 is 22.7 Å². The van der Waals surface area contributed by atoms with E-state index in [1.54, 1.807) is 34.1 Å². The normalized spacial score (nSPS) is 12.3. The smallest absolute Gasteiger partial charge is 0.313 e. The second kappa shape index (κ2) is 7.76. The molecule has 0 atom stereocenters. The lowest BCUT2D eigenvalue weighted by molar-refractivity contribution is -0.136. The quantitative estimate of drug-likeness (QED) is 0.461. The molecule has 5 rings (SSSR count). The van der Waals surface area contributed by atoms with E-state index in [0.717, 1.165) is 15.5 Å². The molecule has 0 bridgehead atoms. The molecule has 0 aliphatic carbocycles. The third-order valence-corrected chi connectivity index (χ3v) is 6.13. The van der Waals surface area contributed by atoms with E-state index < -0.39 is 11.8 Å². The first-order chi connectivity index (χ1) is 14.7. The molecule has 9 nitrogen and oxygen atoms in total. The summed E-state index contributed by atoms with van der Waals surface area (Å²) in [7, 11) is 0. The number of hydrogen-bond acceptors (Lipinski definition) is 8. The van der Waals surface area contributed by atoms with Crippen LogP contribution in [0.5, 0.6) is 11.5 Å². The number of ether oxygens (including phenoxy) is 2. The average molecular weight is 441 g/mol. The van der Waals surface area contributed by atoms with Crippen molar-refractivity contribution in [2.75, 3.05) is 18.7 Å². The summed E-state index contributed by atoms with van der Waals surface area (Å²) < 4.78 is 12.3. The van der Waals surface area contributed by atoms with Crippen molar-refractivity contribution in [1.29, 1.82) is 0 Å². The number of nitrogens with zero attached hydrogens (tertiary/aromatic N) is 3. The highest BCUT2D eigenvalue weighted by molar-refractivity contribution is 7.15. The molecule has 0 saturated heterocycles. The summed E-state index contributed by atoms with van der Waals surface area (Å²) in [5.74, 6) is 0.367. The van der Waals surface area contributed by atoms with Crippen LogP contribution in [0.25, 0.3) is 15.7 Å². The monoisotopic (exact) mass is 441 g/mol. The molecule has 1 aliphatic rings. The van der Waals surface area contributed by atoms with E-state index in [9.17, 15) is 9.59 Å². The van der Waals surface area contributed by atoms with E-state index in [0.29, 0.717) is 36.0 Å². The van der Waals surface area contributed by atoms with Crippen molar-refractivity contribution in [2.24, 2.45) is 0 Å². The summed E-state index contributed by atoms with van der Waals surface area (Å²) in [5.41, 5.74) is 1.38. The topological polar surface area (TPSA) is 107 Å². The number of carbonyl (C=O) groups excluding carboxylic acids is 2. The molecule has 2 amide bonds. The minimum atomic E-state index is -0.745. The number of amides is 2. The number of thiophene rings is 1. The Kier molecular flexibility index (Phi) is 4.81. The van der Waals surface area contributed by atoms with Gasteiger partial charge in [-0.3, -0.25) is 9.59 Å². The molecule has 2 N–H and O–H groups in total. The summed E-state index contributed by atoms with van der Waals surface area (Å²) in [4.78, 5) is 30.6. The van der Waals surface area contributed by atoms with Crippen molar-refractivity contribution in [3.05, 3.63) is 46.8 Å². The number of aromatic nitrogens is 3. The van der Waals surface area contributed by atoms with Gasteiger partial charge in [0.2, 0.25) is 11.8 Å². The predicted molar refractivity (Wildman–Crippen MR) is 112 cm³/mol. The Morgan fingerprint density at radius 1 is 1.13 bits per heavy atom. The molecule has 1 aliphatic heterocycles. The van der Waals surface area contributed by atoms with Crippen LogP contribution in [0.15, 0.2) is 41.1 Å². The van der Waals surface area contributed by atoms with Crippen LogP contribution in [0.4, 0.5) is 5.69 Å². The van der Waals surface area contributed by atoms with Crippen LogP contribution in [0.1, 0.15) is 5.69 Å². The fourth-order valence-electron chi connectivity index (χ4n) is 2.95. The molecular weight excluding hydrogens is 426 g/mol. The fraction of sp³-hybridized carbons (Fsp3) is 0.158. The predicted octanol–water partition coefficient (Wildman–Crippen LogP) is 2.55. The van der Waals surface area contributed by atoms with Gasteiger partial charge in [0.25, 0.3) is 0 Å². The molecular formula is C19H15N5O4S2. The average Bonchev–Trinajstić information content (AvgIpc) is 3.51. The van der Waals surface area contributed by atoms with Gasteiger partial charge in [0.05, 0.1) is 10.6 Å². The number of thiazole rings is 1. The maximum absolute atomic E-state index is 12.1. The highest BCUT2D eigenvalue weighted by atomic mass is 32.1. The van der Waals surface area contributed by atoms with Gasteiger partial charge in [-0.25, -0.2) is 4.52 Å². The van der Waals surface area contributed by atoms with Gasteiger partial charge in [-0.05, 0) is 23.6 Å². The van der Waals surface area contributed by atoms with Crippen molar-refractivity contribution < 1.29 is 19.1 Å². The van der Waals surface area contributed by atoms with Crippen molar-refractivity contribution in [1.82, 2.24) is 19.9 Å². The second-order valence-electron chi connectivity index (χ2n) is 6.36. The van der Waals surface area contributed by atoms with E-state index >= 15 is 0 Å². The summed E-state index contributed by atoms with van der Waals surface area (Å²) in [6.45, 7) is 0.442. The first kappa shape index (κ1) is 18.6. The van der Waals surface area contributed by atoms with Crippen LogP contribution < -0.4 is 20.1 Å². The lowest BCUT2D eigenvalue weighted by Crippen LogP contribution is -2.36. The third-order valence-electron chi connectivity index (χ3n) is 4.39. The van der Waals surface area contributed by atoms with Crippen molar-refractivity contribution in [3.8, 4) is 22.2 Å². The van der Waals surface area contributed by atoms with Crippen LogP contribution in [-0.2, 0) is 16.0 Å². The van der Waals surface area contributed by atoms with Gasteiger partial charge in [-0.1, -0.05) is 6.07 Å². The van der Waals surface area contributed by atoms with Crippen molar-refractivity contribution in [3.63, 3.8) is 0 Å². The van der Waals surface area contributed by atoms with E-state index in [-0.39, 0.29) is 6.79 Å². The minimum absolute atomic E-state index is 0.143. The van der Waals surface area contributed by atoms with Crippen LogP contribution in [0.3, 0.4) is 0 Å². The maximum Gasteiger partial charge on any atom is 0.313 e. The Labute approximate surface area is 178 Å². The molecule has 152 valence electrons. The van der Waals surface area contributed by atoms with Gasteiger partial charge in [0.1, 0.15) is 0 Å². The molecule has 0 spiro atoms. The first-order valence-electron chi connectivity index (χ1n) is 9.03. The molecule has 0 fully saturated rings. The molecule has 0 unspecified atom stereocenters. The van der Waals surface area contributed by atoms with Gasteiger partial charge < -0.3 is 20.1 Å². The van der Waals surface area contributed by atoms with Crippen LogP contribution in [0, 0.1) is 0 Å². The third kappa shape index (κ3) is 3.60. The van der Waals surface area contributed by atoms with E-state index in [1.165, 1.54) is 11.3 Å². The maximum atomic E-state index is 12.1. The Hall–Kier alpha value is -3.44. The van der Waals surface area contributed by atoms with E-state index in [4.69, 9.17) is 9.47 Å². The standard InChI is InChI=1S/C19H15N5O4S2/c25-17(18(26)21-11-3-4-13-14(8-11)28-10-27-13)20-6-5-12-9-30-19-22-16(23-24(12)19)15-2-1-7-29-15/h1-4,7-9H,5-6,10H2,(H,20,25)(H,21,26). The number of benzene rings is 1. The highest BCUT2D eigenvalue weighted by Gasteiger charge is 2.18. The Bertz CT molecular complexity index is 1230. The van der Waals surface area contributed by atoms with Gasteiger partial charge >= 0.3 is 11.8 Å². The zero-order chi connectivity index (χ0) is 20.5. The van der Waals surface area contributed by atoms with Crippen molar-refractivity contribution >= 4 is 45.1 Å². The zero-order valence-electron chi connectivity index (χ0n) is 15.5. The zero-order valence-corrected chi connectivity index (χ0v) is 17.1. The highest BCUT2D eigenvalue weighted by Crippen LogP contribution is 2.34. The summed E-state index contributed by atoms with van der Waals surface area (Å²) in [5, 5.41) is 13.7. The molecule has 0 radical (unpaired) electrons. The molecule has 30 heavy (non-hydrogen) atoms. The van der Waals surface area contributed by atoms with Crippen LogP contribution in [0.2, 0.25) is 0 Å².